The average molecular weight is 370 g/mol. The standard InChI is InChI=1S/C19H17ClFN5/c1-12(14-6-4-3-5-7-14)25-18-8-17(22-10-16(18)21)15-9-23-24-11-19(20)26-13(15)2/h3-12,23H,2H2,1H3,(H,22,25)/b15-9+,24-11-,26-19+/t12-/m0/s1. The maximum atomic E-state index is 14.3. The number of hydrogen-bond acceptors (Lipinski definition) is 5. The van der Waals surface area contributed by atoms with Crippen molar-refractivity contribution in [2.75, 3.05) is 5.32 Å². The Morgan fingerprint density at radius 2 is 2.04 bits per heavy atom. The zero-order valence-electron chi connectivity index (χ0n) is 14.1. The molecule has 0 spiro atoms. The van der Waals surface area contributed by atoms with Gasteiger partial charge in [0.15, 0.2) is 5.82 Å². The summed E-state index contributed by atoms with van der Waals surface area (Å²) in [5, 5.41) is 7.24. The first-order valence-electron chi connectivity index (χ1n) is 7.94. The third-order valence-corrected chi connectivity index (χ3v) is 3.99. The van der Waals surface area contributed by atoms with Crippen molar-refractivity contribution < 1.29 is 4.39 Å². The molecule has 0 saturated heterocycles. The molecular formula is C19H17ClFN5. The Hall–Kier alpha value is -2.99. The summed E-state index contributed by atoms with van der Waals surface area (Å²) < 4.78 is 14.3. The number of halogens is 2. The number of hydrazone groups is 1. The van der Waals surface area contributed by atoms with Gasteiger partial charge in [-0.15, -0.1) is 0 Å². The number of nitrogens with zero attached hydrogens (tertiary/aromatic N) is 3. The molecule has 0 saturated carbocycles. The lowest BCUT2D eigenvalue weighted by atomic mass is 10.1. The van der Waals surface area contributed by atoms with Crippen molar-refractivity contribution >= 4 is 34.2 Å². The van der Waals surface area contributed by atoms with Gasteiger partial charge in [-0.25, -0.2) is 9.38 Å². The highest BCUT2D eigenvalue weighted by atomic mass is 35.5. The maximum Gasteiger partial charge on any atom is 0.164 e. The van der Waals surface area contributed by atoms with Gasteiger partial charge in [0.25, 0.3) is 0 Å². The SMILES string of the molecule is C=C1/N=C(Cl)\C=N/N/C=C\1c1cc(N[C@@H](C)c2ccccc2)c(F)cn1. The smallest absolute Gasteiger partial charge is 0.164 e. The van der Waals surface area contributed by atoms with E-state index < -0.39 is 5.82 Å². The Balaban J connectivity index is 1.90. The first kappa shape index (κ1) is 17.8. The normalized spacial score (nSPS) is 20.5. The number of allylic oxidation sites excluding steroid dienone is 1. The van der Waals surface area contributed by atoms with E-state index in [1.54, 1.807) is 12.3 Å². The molecule has 0 fully saturated rings. The van der Waals surface area contributed by atoms with Gasteiger partial charge in [0.1, 0.15) is 5.17 Å². The van der Waals surface area contributed by atoms with Crippen LogP contribution in [0.5, 0.6) is 0 Å². The number of benzene rings is 1. The van der Waals surface area contributed by atoms with Gasteiger partial charge in [0, 0.05) is 17.8 Å². The number of hydrogen-bond donors (Lipinski definition) is 2. The monoisotopic (exact) mass is 369 g/mol. The van der Waals surface area contributed by atoms with Gasteiger partial charge in [-0.3, -0.25) is 10.4 Å². The van der Waals surface area contributed by atoms with Gasteiger partial charge in [-0.05, 0) is 18.6 Å². The second-order valence-electron chi connectivity index (χ2n) is 5.65. The van der Waals surface area contributed by atoms with Gasteiger partial charge in [-0.2, -0.15) is 5.10 Å². The van der Waals surface area contributed by atoms with Crippen LogP contribution in [0.15, 0.2) is 71.2 Å². The molecule has 0 unspecified atom stereocenters. The van der Waals surface area contributed by atoms with Gasteiger partial charge in [0.05, 0.1) is 29.5 Å². The molecule has 2 N–H and O–H groups in total. The molecule has 1 aromatic carbocycles. The number of pyridine rings is 1. The zero-order valence-corrected chi connectivity index (χ0v) is 14.8. The predicted molar refractivity (Wildman–Crippen MR) is 105 cm³/mol. The van der Waals surface area contributed by atoms with Crippen LogP contribution in [0.1, 0.15) is 24.2 Å². The van der Waals surface area contributed by atoms with E-state index in [1.807, 2.05) is 37.3 Å². The Bertz CT molecular complexity index is 905. The Kier molecular flexibility index (Phi) is 5.43. The molecule has 132 valence electrons. The molecule has 5 nitrogen and oxygen atoms in total. The van der Waals surface area contributed by atoms with E-state index in [0.29, 0.717) is 22.7 Å². The Morgan fingerprint density at radius 1 is 1.27 bits per heavy atom. The lowest BCUT2D eigenvalue weighted by Crippen LogP contribution is -2.10. The fraction of sp³-hybridized carbons (Fsp3) is 0.105. The molecular weight excluding hydrogens is 353 g/mol. The van der Waals surface area contributed by atoms with E-state index in [-0.39, 0.29) is 11.2 Å². The highest BCUT2D eigenvalue weighted by Crippen LogP contribution is 2.27. The summed E-state index contributed by atoms with van der Waals surface area (Å²) in [5.74, 6) is -0.443. The summed E-state index contributed by atoms with van der Waals surface area (Å²) in [7, 11) is 0. The number of rotatable bonds is 4. The van der Waals surface area contributed by atoms with E-state index in [4.69, 9.17) is 11.6 Å². The lowest BCUT2D eigenvalue weighted by Gasteiger charge is -2.17. The van der Waals surface area contributed by atoms with E-state index in [9.17, 15) is 4.39 Å². The zero-order chi connectivity index (χ0) is 18.5. The molecule has 2 aromatic rings. The second-order valence-corrected chi connectivity index (χ2v) is 6.04. The molecule has 26 heavy (non-hydrogen) atoms. The van der Waals surface area contributed by atoms with E-state index in [0.717, 1.165) is 11.8 Å². The highest BCUT2D eigenvalue weighted by Gasteiger charge is 2.14. The molecule has 2 heterocycles. The third kappa shape index (κ3) is 4.15. The van der Waals surface area contributed by atoms with Crippen LogP contribution >= 0.6 is 11.6 Å². The lowest BCUT2D eigenvalue weighted by molar-refractivity contribution is 0.621. The number of anilines is 1. The fourth-order valence-corrected chi connectivity index (χ4v) is 2.62. The molecule has 0 bridgehead atoms. The van der Waals surface area contributed by atoms with E-state index in [2.05, 4.69) is 32.4 Å². The van der Waals surface area contributed by atoms with Crippen LogP contribution in [-0.2, 0) is 0 Å². The van der Waals surface area contributed by atoms with Gasteiger partial charge in [-0.1, -0.05) is 48.5 Å². The summed E-state index contributed by atoms with van der Waals surface area (Å²) in [6.07, 6.45) is 4.12. The number of aliphatic imine (C=N–C) groups is 1. The molecule has 1 aliphatic heterocycles. The van der Waals surface area contributed by atoms with Crippen LogP contribution in [0.2, 0.25) is 0 Å². The van der Waals surface area contributed by atoms with Crippen LogP contribution in [0.3, 0.4) is 0 Å². The molecule has 1 aromatic heterocycles. The van der Waals surface area contributed by atoms with Crippen molar-refractivity contribution in [3.05, 3.63) is 78.1 Å². The van der Waals surface area contributed by atoms with E-state index in [1.165, 1.54) is 6.21 Å². The molecule has 0 aliphatic carbocycles. The Morgan fingerprint density at radius 3 is 2.81 bits per heavy atom. The topological polar surface area (TPSA) is 61.7 Å². The van der Waals surface area contributed by atoms with Crippen molar-refractivity contribution in [1.29, 1.82) is 0 Å². The van der Waals surface area contributed by atoms with Crippen LogP contribution in [0.4, 0.5) is 10.1 Å². The summed E-state index contributed by atoms with van der Waals surface area (Å²) in [5.41, 5.74) is 5.57. The quantitative estimate of drug-likeness (QED) is 0.835. The first-order chi connectivity index (χ1) is 12.5. The average Bonchev–Trinajstić information content (AvgIpc) is 2.63. The van der Waals surface area contributed by atoms with Gasteiger partial charge >= 0.3 is 0 Å². The van der Waals surface area contributed by atoms with Crippen molar-refractivity contribution in [1.82, 2.24) is 10.4 Å². The van der Waals surface area contributed by atoms with Crippen molar-refractivity contribution in [3.63, 3.8) is 0 Å². The molecule has 0 radical (unpaired) electrons. The maximum absolute atomic E-state index is 14.3. The summed E-state index contributed by atoms with van der Waals surface area (Å²) in [6.45, 7) is 5.85. The van der Waals surface area contributed by atoms with Crippen molar-refractivity contribution in [2.24, 2.45) is 10.1 Å². The van der Waals surface area contributed by atoms with Crippen LogP contribution < -0.4 is 10.7 Å². The van der Waals surface area contributed by atoms with Crippen LogP contribution in [0.25, 0.3) is 5.57 Å². The number of aromatic nitrogens is 1. The minimum atomic E-state index is -0.443. The molecule has 1 atom stereocenters. The van der Waals surface area contributed by atoms with Crippen LogP contribution in [-0.4, -0.2) is 16.4 Å². The molecule has 0 amide bonds. The molecule has 1 aliphatic rings. The fourth-order valence-electron chi connectivity index (χ4n) is 2.47. The summed E-state index contributed by atoms with van der Waals surface area (Å²) in [6, 6.07) is 11.3. The van der Waals surface area contributed by atoms with Gasteiger partial charge in [0.2, 0.25) is 0 Å². The van der Waals surface area contributed by atoms with Gasteiger partial charge < -0.3 is 5.32 Å². The first-order valence-corrected chi connectivity index (χ1v) is 8.32. The Labute approximate surface area is 156 Å². The van der Waals surface area contributed by atoms with Crippen molar-refractivity contribution in [3.8, 4) is 0 Å². The summed E-state index contributed by atoms with van der Waals surface area (Å²) in [4.78, 5) is 8.27. The van der Waals surface area contributed by atoms with Crippen LogP contribution in [0, 0.1) is 5.82 Å². The second kappa shape index (κ2) is 7.93. The number of nitrogens with one attached hydrogen (secondary N) is 2. The molecule has 3 rings (SSSR count). The van der Waals surface area contributed by atoms with Crippen molar-refractivity contribution in [2.45, 2.75) is 13.0 Å². The van der Waals surface area contributed by atoms with E-state index >= 15 is 0 Å². The highest BCUT2D eigenvalue weighted by molar-refractivity contribution is 6.80. The minimum Gasteiger partial charge on any atom is -0.376 e. The minimum absolute atomic E-state index is 0.0781. The predicted octanol–water partition coefficient (Wildman–Crippen LogP) is 4.47. The third-order valence-electron chi connectivity index (χ3n) is 3.81. The largest absolute Gasteiger partial charge is 0.376 e. The summed E-state index contributed by atoms with van der Waals surface area (Å²) >= 11 is 5.91. The molecule has 7 heteroatoms.